The highest BCUT2D eigenvalue weighted by Crippen LogP contribution is 2.37. The zero-order valence-electron chi connectivity index (χ0n) is 18.0. The molecule has 0 radical (unpaired) electrons. The van der Waals surface area contributed by atoms with Crippen molar-refractivity contribution in [2.75, 3.05) is 6.61 Å². The number of halogens is 2. The molecule has 0 bridgehead atoms. The van der Waals surface area contributed by atoms with Gasteiger partial charge in [-0.15, -0.1) is 0 Å². The molecular weight excluding hydrogens is 474 g/mol. The minimum absolute atomic E-state index is 0.412. The number of hydrogen-bond acceptors (Lipinski definition) is 3. The van der Waals surface area contributed by atoms with Crippen molar-refractivity contribution in [3.05, 3.63) is 92.9 Å². The Morgan fingerprint density at radius 1 is 0.935 bits per heavy atom. The summed E-state index contributed by atoms with van der Waals surface area (Å²) in [7, 11) is 0. The van der Waals surface area contributed by atoms with Crippen LogP contribution in [0.3, 0.4) is 0 Å². The molecule has 3 rings (SSSR count). The van der Waals surface area contributed by atoms with Gasteiger partial charge in [-0.3, -0.25) is 0 Å². The molecule has 0 aliphatic carbocycles. The zero-order chi connectivity index (χ0) is 22.1. The molecule has 0 saturated heterocycles. The molecule has 31 heavy (non-hydrogen) atoms. The third-order valence-electron chi connectivity index (χ3n) is 5.03. The van der Waals surface area contributed by atoms with Gasteiger partial charge in [0.2, 0.25) is 0 Å². The number of rotatable bonds is 11. The van der Waals surface area contributed by atoms with Crippen LogP contribution in [0.4, 0.5) is 0 Å². The van der Waals surface area contributed by atoms with Gasteiger partial charge >= 0.3 is 0 Å². The van der Waals surface area contributed by atoms with Gasteiger partial charge in [0.25, 0.3) is 0 Å². The molecule has 3 aromatic carbocycles. The highest BCUT2D eigenvalue weighted by Gasteiger charge is 2.13. The molecule has 0 fully saturated rings. The Bertz CT molecular complexity index is 948. The van der Waals surface area contributed by atoms with Crippen molar-refractivity contribution in [3.8, 4) is 11.5 Å². The number of benzene rings is 3. The fourth-order valence-corrected chi connectivity index (χ4v) is 4.01. The van der Waals surface area contributed by atoms with E-state index in [4.69, 9.17) is 21.1 Å². The van der Waals surface area contributed by atoms with Crippen LogP contribution in [0.15, 0.2) is 71.2 Å². The van der Waals surface area contributed by atoms with E-state index in [9.17, 15) is 0 Å². The molecule has 0 heterocycles. The average molecular weight is 503 g/mol. The number of aryl methyl sites for hydroxylation is 1. The molecule has 1 N–H and O–H groups in total. The second-order valence-electron chi connectivity index (χ2n) is 7.56. The Hall–Kier alpha value is -2.01. The van der Waals surface area contributed by atoms with E-state index in [0.29, 0.717) is 19.3 Å². The third-order valence-corrected chi connectivity index (χ3v) is 5.87. The van der Waals surface area contributed by atoms with Crippen LogP contribution >= 0.6 is 27.5 Å². The fourth-order valence-electron chi connectivity index (χ4n) is 3.28. The second kappa shape index (κ2) is 12.1. The van der Waals surface area contributed by atoms with Crippen molar-refractivity contribution in [2.24, 2.45) is 0 Å². The molecule has 0 aromatic heterocycles. The molecule has 0 aliphatic heterocycles. The van der Waals surface area contributed by atoms with E-state index in [0.717, 1.165) is 51.5 Å². The fraction of sp³-hybridized carbons (Fsp3) is 0.308. The van der Waals surface area contributed by atoms with Gasteiger partial charge in [0, 0.05) is 17.6 Å². The van der Waals surface area contributed by atoms with E-state index in [1.54, 1.807) is 0 Å². The van der Waals surface area contributed by atoms with Crippen molar-refractivity contribution in [1.29, 1.82) is 0 Å². The Morgan fingerprint density at radius 2 is 1.68 bits per heavy atom. The number of hydrogen-bond donors (Lipinski definition) is 1. The summed E-state index contributed by atoms with van der Waals surface area (Å²) in [6.07, 6.45) is 2.16. The summed E-state index contributed by atoms with van der Waals surface area (Å²) in [5.74, 6) is 1.47. The first kappa shape index (κ1) is 23.6. The predicted molar refractivity (Wildman–Crippen MR) is 132 cm³/mol. The lowest BCUT2D eigenvalue weighted by atomic mass is 10.1. The summed E-state index contributed by atoms with van der Waals surface area (Å²) in [5, 5.41) is 4.34. The van der Waals surface area contributed by atoms with Crippen LogP contribution in [0.5, 0.6) is 11.5 Å². The lowest BCUT2D eigenvalue weighted by molar-refractivity contribution is 0.267. The van der Waals surface area contributed by atoms with Gasteiger partial charge in [-0.05, 0) is 83.6 Å². The van der Waals surface area contributed by atoms with Gasteiger partial charge in [-0.1, -0.05) is 54.1 Å². The predicted octanol–water partition coefficient (Wildman–Crippen LogP) is 7.19. The summed E-state index contributed by atoms with van der Waals surface area (Å²) in [6.45, 7) is 6.00. The van der Waals surface area contributed by atoms with Gasteiger partial charge in [0.05, 0.1) is 11.1 Å². The van der Waals surface area contributed by atoms with Gasteiger partial charge < -0.3 is 14.8 Å². The van der Waals surface area contributed by atoms with E-state index in [1.165, 1.54) is 5.56 Å². The van der Waals surface area contributed by atoms with Crippen molar-refractivity contribution in [3.63, 3.8) is 0 Å². The maximum Gasteiger partial charge on any atom is 0.175 e. The van der Waals surface area contributed by atoms with Crippen LogP contribution in [0.1, 0.15) is 37.0 Å². The molecule has 0 amide bonds. The number of nitrogens with one attached hydrogen (secondary N) is 1. The Labute approximate surface area is 198 Å². The molecule has 5 heteroatoms. The highest BCUT2D eigenvalue weighted by molar-refractivity contribution is 9.10. The normalized spacial score (nSPS) is 11.9. The quantitative estimate of drug-likeness (QED) is 0.301. The maximum absolute atomic E-state index is 6.08. The van der Waals surface area contributed by atoms with E-state index < -0.39 is 0 Å². The topological polar surface area (TPSA) is 30.5 Å². The maximum atomic E-state index is 6.08. The summed E-state index contributed by atoms with van der Waals surface area (Å²) in [6, 6.07) is 22.8. The third kappa shape index (κ3) is 7.57. The number of ether oxygens (including phenoxy) is 2. The van der Waals surface area contributed by atoms with E-state index >= 15 is 0 Å². The minimum atomic E-state index is 0.412. The Balaban J connectivity index is 1.60. The largest absolute Gasteiger partial charge is 0.490 e. The molecule has 1 atom stereocenters. The highest BCUT2D eigenvalue weighted by atomic mass is 79.9. The van der Waals surface area contributed by atoms with Crippen LogP contribution in [0, 0.1) is 0 Å². The summed E-state index contributed by atoms with van der Waals surface area (Å²) in [4.78, 5) is 0. The zero-order valence-corrected chi connectivity index (χ0v) is 20.4. The van der Waals surface area contributed by atoms with Crippen LogP contribution in [0.2, 0.25) is 5.02 Å². The molecule has 3 nitrogen and oxygen atoms in total. The molecule has 1 unspecified atom stereocenters. The minimum Gasteiger partial charge on any atom is -0.490 e. The second-order valence-corrected chi connectivity index (χ2v) is 8.85. The van der Waals surface area contributed by atoms with Crippen LogP contribution in [-0.2, 0) is 19.6 Å². The van der Waals surface area contributed by atoms with Crippen molar-refractivity contribution >= 4 is 27.5 Å². The Kier molecular flexibility index (Phi) is 9.26. The Morgan fingerprint density at radius 3 is 2.39 bits per heavy atom. The SMILES string of the molecule is CCOc1cc(CNC(C)CCc2ccccc2)cc(Br)c1OCc1ccc(Cl)cc1. The van der Waals surface area contributed by atoms with E-state index in [-0.39, 0.29) is 0 Å². The molecule has 0 aliphatic rings. The van der Waals surface area contributed by atoms with Crippen LogP contribution in [-0.4, -0.2) is 12.6 Å². The molecule has 0 saturated carbocycles. The monoisotopic (exact) mass is 501 g/mol. The smallest absolute Gasteiger partial charge is 0.175 e. The van der Waals surface area contributed by atoms with Crippen LogP contribution in [0.25, 0.3) is 0 Å². The molecule has 164 valence electrons. The van der Waals surface area contributed by atoms with Crippen molar-refractivity contribution in [2.45, 2.75) is 45.9 Å². The van der Waals surface area contributed by atoms with E-state index in [2.05, 4.69) is 70.6 Å². The first-order chi connectivity index (χ1) is 15.0. The van der Waals surface area contributed by atoms with Crippen molar-refractivity contribution in [1.82, 2.24) is 5.32 Å². The molecule has 0 spiro atoms. The summed E-state index contributed by atoms with van der Waals surface area (Å²) < 4.78 is 12.8. The molecule has 3 aromatic rings. The standard InChI is InChI=1S/C26H29BrClNO2/c1-3-30-25-16-22(17-29-19(2)9-10-20-7-5-4-6-8-20)15-24(27)26(25)31-18-21-11-13-23(28)14-12-21/h4-8,11-16,19,29H,3,9-10,17-18H2,1-2H3. The van der Waals surface area contributed by atoms with Gasteiger partial charge in [-0.2, -0.15) is 0 Å². The van der Waals surface area contributed by atoms with Gasteiger partial charge in [0.15, 0.2) is 11.5 Å². The first-order valence-electron chi connectivity index (χ1n) is 10.6. The van der Waals surface area contributed by atoms with Gasteiger partial charge in [-0.25, -0.2) is 0 Å². The molecular formula is C26H29BrClNO2. The van der Waals surface area contributed by atoms with E-state index in [1.807, 2.05) is 31.2 Å². The first-order valence-corrected chi connectivity index (χ1v) is 11.8. The van der Waals surface area contributed by atoms with Crippen LogP contribution < -0.4 is 14.8 Å². The summed E-state index contributed by atoms with van der Waals surface area (Å²) >= 11 is 9.63. The summed E-state index contributed by atoms with van der Waals surface area (Å²) in [5.41, 5.74) is 3.58. The van der Waals surface area contributed by atoms with Crippen molar-refractivity contribution < 1.29 is 9.47 Å². The average Bonchev–Trinajstić information content (AvgIpc) is 2.78. The lowest BCUT2D eigenvalue weighted by Gasteiger charge is -2.18. The lowest BCUT2D eigenvalue weighted by Crippen LogP contribution is -2.26. The van der Waals surface area contributed by atoms with Gasteiger partial charge in [0.1, 0.15) is 6.61 Å².